The van der Waals surface area contributed by atoms with Crippen molar-refractivity contribution in [2.24, 2.45) is 0 Å². The van der Waals surface area contributed by atoms with Gasteiger partial charge in [0.1, 0.15) is 11.3 Å². The predicted molar refractivity (Wildman–Crippen MR) is 121 cm³/mol. The number of hydrogen-bond donors (Lipinski definition) is 3. The minimum Gasteiger partial charge on any atom is -0.406 e. The molecule has 0 saturated carbocycles. The summed E-state index contributed by atoms with van der Waals surface area (Å²) in [7, 11) is 0. The van der Waals surface area contributed by atoms with Crippen LogP contribution in [0, 0.1) is 0 Å². The first kappa shape index (κ1) is 24.6. The molecule has 14 heteroatoms. The molecule has 0 bridgehead atoms. The van der Waals surface area contributed by atoms with E-state index < -0.39 is 6.36 Å². The summed E-state index contributed by atoms with van der Waals surface area (Å²) in [5.74, 6) is 0.291. The number of nitrogens with one attached hydrogen (secondary N) is 3. The van der Waals surface area contributed by atoms with Crippen molar-refractivity contribution in [1.29, 1.82) is 0 Å². The number of H-pyrrole nitrogens is 1. The van der Waals surface area contributed by atoms with Crippen LogP contribution in [0.15, 0.2) is 51.9 Å². The van der Waals surface area contributed by atoms with Crippen molar-refractivity contribution in [2.45, 2.75) is 25.6 Å². The number of carbonyl (C=O) groups excluding carboxylic acids is 1. The molecule has 3 aromatic heterocycles. The van der Waals surface area contributed by atoms with Gasteiger partial charge in [-0.15, -0.1) is 13.2 Å². The Balaban J connectivity index is 1.18. The van der Waals surface area contributed by atoms with Crippen LogP contribution in [0.2, 0.25) is 0 Å². The molecule has 0 atom stereocenters. The summed E-state index contributed by atoms with van der Waals surface area (Å²) >= 11 is 0. The van der Waals surface area contributed by atoms with Crippen molar-refractivity contribution in [3.05, 3.63) is 58.8 Å². The molecule has 0 aliphatic carbocycles. The van der Waals surface area contributed by atoms with Crippen LogP contribution in [-0.2, 0) is 11.2 Å². The summed E-state index contributed by atoms with van der Waals surface area (Å²) in [6.07, 6.45) is -2.29. The first-order chi connectivity index (χ1) is 17.3. The van der Waals surface area contributed by atoms with Crippen molar-refractivity contribution in [1.82, 2.24) is 30.6 Å². The maximum absolute atomic E-state index is 12.3. The third kappa shape index (κ3) is 6.55. The summed E-state index contributed by atoms with van der Waals surface area (Å²) in [5, 5.41) is 16.5. The lowest BCUT2D eigenvalue weighted by Gasteiger charge is -2.08. The van der Waals surface area contributed by atoms with E-state index in [1.165, 1.54) is 12.1 Å². The van der Waals surface area contributed by atoms with Gasteiger partial charge in [-0.25, -0.2) is 5.10 Å². The molecular weight excluding hydrogens is 483 g/mol. The highest BCUT2D eigenvalue weighted by Crippen LogP contribution is 2.25. The van der Waals surface area contributed by atoms with Crippen LogP contribution in [0.4, 0.5) is 19.0 Å². The summed E-state index contributed by atoms with van der Waals surface area (Å²) in [4.78, 5) is 32.2. The monoisotopic (exact) mass is 503 g/mol. The molecule has 0 unspecified atom stereocenters. The maximum Gasteiger partial charge on any atom is 0.573 e. The summed E-state index contributed by atoms with van der Waals surface area (Å²) in [6.45, 7) is 0.896. The quantitative estimate of drug-likeness (QED) is 0.278. The lowest BCUT2D eigenvalue weighted by Crippen LogP contribution is -2.26. The van der Waals surface area contributed by atoms with E-state index in [0.717, 1.165) is 12.1 Å². The van der Waals surface area contributed by atoms with E-state index in [4.69, 9.17) is 4.52 Å². The molecule has 3 N–H and O–H groups in total. The fraction of sp³-hybridized carbons (Fsp3) is 0.273. The van der Waals surface area contributed by atoms with Gasteiger partial charge >= 0.3 is 6.36 Å². The Hall–Kier alpha value is -4.49. The van der Waals surface area contributed by atoms with Gasteiger partial charge in [0, 0.05) is 37.7 Å². The fourth-order valence-electron chi connectivity index (χ4n) is 3.23. The van der Waals surface area contributed by atoms with Crippen LogP contribution in [0.5, 0.6) is 5.75 Å². The summed E-state index contributed by atoms with van der Waals surface area (Å²) in [5.41, 5.74) is 0.587. The maximum atomic E-state index is 12.3. The highest BCUT2D eigenvalue weighted by molar-refractivity contribution is 5.86. The molecule has 36 heavy (non-hydrogen) atoms. The number of halogens is 3. The Morgan fingerprint density at radius 2 is 1.94 bits per heavy atom. The fourth-order valence-corrected chi connectivity index (χ4v) is 3.23. The third-order valence-corrected chi connectivity index (χ3v) is 4.89. The molecule has 1 aromatic carbocycles. The number of carbonyl (C=O) groups is 1. The lowest BCUT2D eigenvalue weighted by atomic mass is 10.2. The standard InChI is InChI=1S/C22H20F3N7O4/c23-22(24,25)35-14-6-4-13(5-7-14)19-29-17(36-32-19)9-8-16(33)26-11-2-12-28-20-18-15(3-1-10-27-18)21(34)31-30-20/h1,3-7,10H,2,8-9,11-12H2,(H,26,33)(H,28,30)(H,31,34). The number of rotatable bonds is 10. The molecule has 11 nitrogen and oxygen atoms in total. The normalized spacial score (nSPS) is 11.4. The molecular formula is C22H20F3N7O4. The largest absolute Gasteiger partial charge is 0.573 e. The summed E-state index contributed by atoms with van der Waals surface area (Å²) < 4.78 is 45.7. The van der Waals surface area contributed by atoms with Gasteiger partial charge < -0.3 is 19.9 Å². The Morgan fingerprint density at radius 3 is 2.72 bits per heavy atom. The van der Waals surface area contributed by atoms with Gasteiger partial charge in [0.15, 0.2) is 5.82 Å². The molecule has 188 valence electrons. The first-order valence-corrected chi connectivity index (χ1v) is 10.8. The average molecular weight is 503 g/mol. The highest BCUT2D eigenvalue weighted by atomic mass is 19.4. The zero-order valence-electron chi connectivity index (χ0n) is 18.6. The van der Waals surface area contributed by atoms with Gasteiger partial charge in [-0.1, -0.05) is 5.16 Å². The highest BCUT2D eigenvalue weighted by Gasteiger charge is 2.31. The topological polar surface area (TPSA) is 148 Å². The molecule has 3 heterocycles. The van der Waals surface area contributed by atoms with E-state index >= 15 is 0 Å². The number of pyridine rings is 1. The minimum absolute atomic E-state index is 0.115. The van der Waals surface area contributed by atoms with Crippen molar-refractivity contribution in [3.63, 3.8) is 0 Å². The molecule has 0 radical (unpaired) electrons. The van der Waals surface area contributed by atoms with Crippen LogP contribution in [0.25, 0.3) is 22.3 Å². The van der Waals surface area contributed by atoms with Crippen LogP contribution in [0.3, 0.4) is 0 Å². The molecule has 1 amide bonds. The van der Waals surface area contributed by atoms with E-state index in [0.29, 0.717) is 41.8 Å². The van der Waals surface area contributed by atoms with E-state index in [1.54, 1.807) is 18.3 Å². The van der Waals surface area contributed by atoms with Crippen LogP contribution < -0.4 is 20.9 Å². The molecule has 0 aliphatic rings. The number of benzene rings is 1. The van der Waals surface area contributed by atoms with Gasteiger partial charge in [-0.2, -0.15) is 10.1 Å². The van der Waals surface area contributed by atoms with Crippen molar-refractivity contribution in [2.75, 3.05) is 18.4 Å². The van der Waals surface area contributed by atoms with Crippen LogP contribution in [0.1, 0.15) is 18.7 Å². The zero-order valence-corrected chi connectivity index (χ0v) is 18.6. The van der Waals surface area contributed by atoms with Crippen LogP contribution in [-0.4, -0.2) is 50.7 Å². The van der Waals surface area contributed by atoms with Gasteiger partial charge in [-0.3, -0.25) is 14.6 Å². The second-order valence-corrected chi connectivity index (χ2v) is 7.52. The van der Waals surface area contributed by atoms with Gasteiger partial charge in [0.2, 0.25) is 17.6 Å². The molecule has 4 aromatic rings. The smallest absolute Gasteiger partial charge is 0.406 e. The number of anilines is 1. The predicted octanol–water partition coefficient (Wildman–Crippen LogP) is 2.82. The Labute approximate surface area is 201 Å². The Bertz CT molecular complexity index is 1390. The van der Waals surface area contributed by atoms with Crippen LogP contribution >= 0.6 is 0 Å². The van der Waals surface area contributed by atoms with Gasteiger partial charge in [0.25, 0.3) is 5.56 Å². The van der Waals surface area contributed by atoms with E-state index in [-0.39, 0.29) is 41.8 Å². The number of hydrogen-bond acceptors (Lipinski definition) is 9. The minimum atomic E-state index is -4.77. The Morgan fingerprint density at radius 1 is 1.14 bits per heavy atom. The molecule has 0 fully saturated rings. The van der Waals surface area contributed by atoms with Gasteiger partial charge in [0.05, 0.1) is 5.39 Å². The number of ether oxygens (including phenoxy) is 1. The Kier molecular flexibility index (Phi) is 7.42. The number of fused-ring (bicyclic) bond motifs is 1. The summed E-state index contributed by atoms with van der Waals surface area (Å²) in [6, 6.07) is 8.36. The number of aromatic amines is 1. The van der Waals surface area contributed by atoms with Crippen molar-refractivity contribution >= 4 is 22.6 Å². The van der Waals surface area contributed by atoms with Crippen molar-refractivity contribution in [3.8, 4) is 17.1 Å². The molecule has 4 rings (SSSR count). The number of alkyl halides is 3. The van der Waals surface area contributed by atoms with Crippen molar-refractivity contribution < 1.29 is 27.2 Å². The van der Waals surface area contributed by atoms with E-state index in [9.17, 15) is 22.8 Å². The number of aromatic nitrogens is 5. The zero-order chi connectivity index (χ0) is 25.5. The molecule has 0 saturated heterocycles. The molecule has 0 spiro atoms. The number of nitrogens with zero attached hydrogens (tertiary/aromatic N) is 4. The van der Waals surface area contributed by atoms with E-state index in [2.05, 4.69) is 40.7 Å². The lowest BCUT2D eigenvalue weighted by molar-refractivity contribution is -0.274. The third-order valence-electron chi connectivity index (χ3n) is 4.89. The number of aryl methyl sites for hydroxylation is 1. The number of amides is 1. The second-order valence-electron chi connectivity index (χ2n) is 7.52. The van der Waals surface area contributed by atoms with E-state index in [1.807, 2.05) is 0 Å². The molecule has 0 aliphatic heterocycles. The SMILES string of the molecule is O=C(CCc1nc(-c2ccc(OC(F)(F)F)cc2)no1)NCCCNc1n[nH]c(=O)c2cccnc12. The second kappa shape index (κ2) is 10.8. The van der Waals surface area contributed by atoms with Gasteiger partial charge in [-0.05, 0) is 42.8 Å². The average Bonchev–Trinajstić information content (AvgIpc) is 3.33. The first-order valence-electron chi connectivity index (χ1n) is 10.8.